The fraction of sp³-hybridized carbons (Fsp3) is 0.353. The maximum Gasteiger partial charge on any atom is 0.413 e. The van der Waals surface area contributed by atoms with E-state index in [1.54, 1.807) is 32.9 Å². The fourth-order valence-electron chi connectivity index (χ4n) is 1.88. The van der Waals surface area contributed by atoms with Crippen molar-refractivity contribution >= 4 is 23.4 Å². The van der Waals surface area contributed by atoms with Gasteiger partial charge in [0.25, 0.3) is 0 Å². The highest BCUT2D eigenvalue weighted by Gasteiger charge is 2.16. The molecule has 6 heteroatoms. The van der Waals surface area contributed by atoms with E-state index < -0.39 is 11.7 Å². The number of hydrogen-bond acceptors (Lipinski definition) is 5. The normalized spacial score (nSPS) is 11.0. The van der Waals surface area contributed by atoms with Gasteiger partial charge in [-0.15, -0.1) is 10.2 Å². The second-order valence-electron chi connectivity index (χ2n) is 6.37. The van der Waals surface area contributed by atoms with Crippen LogP contribution in [0, 0.1) is 13.8 Å². The van der Waals surface area contributed by atoms with Crippen LogP contribution in [0.25, 0.3) is 0 Å². The van der Waals surface area contributed by atoms with Crippen molar-refractivity contribution in [3.8, 4) is 0 Å². The van der Waals surface area contributed by atoms with Gasteiger partial charge in [0, 0.05) is 5.69 Å². The van der Waals surface area contributed by atoms with E-state index in [9.17, 15) is 4.79 Å². The zero-order valence-corrected chi connectivity index (χ0v) is 14.1. The largest absolute Gasteiger partial charge is 0.444 e. The van der Waals surface area contributed by atoms with E-state index in [4.69, 9.17) is 4.74 Å². The van der Waals surface area contributed by atoms with Crippen LogP contribution in [0.1, 0.15) is 31.9 Å². The van der Waals surface area contributed by atoms with Crippen LogP contribution in [0.5, 0.6) is 0 Å². The molecule has 0 saturated heterocycles. The molecular formula is C17H22N4O2. The Kier molecular flexibility index (Phi) is 4.83. The molecule has 1 aromatic heterocycles. The summed E-state index contributed by atoms with van der Waals surface area (Å²) in [5.74, 6) is 0.944. The van der Waals surface area contributed by atoms with Gasteiger partial charge in [-0.05, 0) is 63.9 Å². The van der Waals surface area contributed by atoms with E-state index in [1.807, 2.05) is 26.0 Å². The lowest BCUT2D eigenvalue weighted by atomic mass is 10.1. The third kappa shape index (κ3) is 5.25. The number of aryl methyl sites for hydroxylation is 2. The van der Waals surface area contributed by atoms with Gasteiger partial charge < -0.3 is 10.1 Å². The predicted molar refractivity (Wildman–Crippen MR) is 91.1 cm³/mol. The Morgan fingerprint density at radius 1 is 1.04 bits per heavy atom. The second kappa shape index (κ2) is 6.64. The fourth-order valence-corrected chi connectivity index (χ4v) is 1.88. The standard InChI is InChI=1S/C17H22N4O2/c1-11-6-7-12(2)13(10-11)18-14-8-9-15(21-20-14)19-16(22)23-17(3,4)5/h6-10H,1-5H3,(H,18,20)(H,19,21,22). The smallest absolute Gasteiger partial charge is 0.413 e. The number of carbonyl (C=O) groups excluding carboxylic acids is 1. The number of ether oxygens (including phenoxy) is 1. The summed E-state index contributed by atoms with van der Waals surface area (Å²) < 4.78 is 5.16. The Morgan fingerprint density at radius 3 is 2.30 bits per heavy atom. The molecule has 6 nitrogen and oxygen atoms in total. The van der Waals surface area contributed by atoms with Crippen LogP contribution < -0.4 is 10.6 Å². The van der Waals surface area contributed by atoms with Crippen molar-refractivity contribution in [3.05, 3.63) is 41.5 Å². The lowest BCUT2D eigenvalue weighted by Crippen LogP contribution is -2.27. The van der Waals surface area contributed by atoms with E-state index in [0.717, 1.165) is 16.8 Å². The van der Waals surface area contributed by atoms with Crippen LogP contribution in [0.3, 0.4) is 0 Å². The molecule has 0 saturated carbocycles. The summed E-state index contributed by atoms with van der Waals surface area (Å²) in [4.78, 5) is 11.7. The third-order valence-electron chi connectivity index (χ3n) is 2.95. The highest BCUT2D eigenvalue weighted by atomic mass is 16.6. The van der Waals surface area contributed by atoms with Gasteiger partial charge >= 0.3 is 6.09 Å². The Hall–Kier alpha value is -2.63. The molecule has 1 heterocycles. The minimum absolute atomic E-state index is 0.339. The molecule has 0 aliphatic heterocycles. The van der Waals surface area contributed by atoms with Crippen molar-refractivity contribution in [2.45, 2.75) is 40.2 Å². The van der Waals surface area contributed by atoms with Gasteiger partial charge in [0.15, 0.2) is 11.6 Å². The topological polar surface area (TPSA) is 76.1 Å². The first-order valence-electron chi connectivity index (χ1n) is 7.41. The Labute approximate surface area is 136 Å². The first kappa shape index (κ1) is 16.7. The monoisotopic (exact) mass is 314 g/mol. The number of nitrogens with one attached hydrogen (secondary N) is 2. The number of rotatable bonds is 3. The Balaban J connectivity index is 2.02. The number of carbonyl (C=O) groups is 1. The van der Waals surface area contributed by atoms with Gasteiger partial charge in [0.05, 0.1) is 0 Å². The molecule has 23 heavy (non-hydrogen) atoms. The zero-order chi connectivity index (χ0) is 17.0. The molecule has 1 amide bonds. The van der Waals surface area contributed by atoms with Gasteiger partial charge in [-0.1, -0.05) is 12.1 Å². The van der Waals surface area contributed by atoms with E-state index in [0.29, 0.717) is 11.6 Å². The van der Waals surface area contributed by atoms with Gasteiger partial charge in [-0.25, -0.2) is 4.79 Å². The van der Waals surface area contributed by atoms with E-state index in [-0.39, 0.29) is 0 Å². The van der Waals surface area contributed by atoms with Gasteiger partial charge in [0.2, 0.25) is 0 Å². The van der Waals surface area contributed by atoms with Gasteiger partial charge in [0.1, 0.15) is 5.60 Å². The van der Waals surface area contributed by atoms with Crippen LogP contribution in [-0.4, -0.2) is 21.9 Å². The predicted octanol–water partition coefficient (Wildman–Crippen LogP) is 4.18. The highest BCUT2D eigenvalue weighted by Crippen LogP contribution is 2.20. The Morgan fingerprint density at radius 2 is 1.70 bits per heavy atom. The molecule has 122 valence electrons. The zero-order valence-electron chi connectivity index (χ0n) is 14.1. The Bertz CT molecular complexity index is 691. The maximum absolute atomic E-state index is 11.7. The van der Waals surface area contributed by atoms with E-state index >= 15 is 0 Å². The van der Waals surface area contributed by atoms with Crippen molar-refractivity contribution in [1.82, 2.24) is 10.2 Å². The minimum atomic E-state index is -0.554. The summed E-state index contributed by atoms with van der Waals surface area (Å²) in [7, 11) is 0. The van der Waals surface area contributed by atoms with Crippen LogP contribution >= 0.6 is 0 Å². The van der Waals surface area contributed by atoms with Gasteiger partial charge in [-0.3, -0.25) is 5.32 Å². The number of amides is 1. The summed E-state index contributed by atoms with van der Waals surface area (Å²) in [5, 5.41) is 13.8. The molecule has 0 aliphatic rings. The second-order valence-corrected chi connectivity index (χ2v) is 6.37. The summed E-state index contributed by atoms with van der Waals surface area (Å²) in [6.07, 6.45) is -0.554. The van der Waals surface area contributed by atoms with E-state index in [2.05, 4.69) is 26.9 Å². The number of nitrogens with zero attached hydrogens (tertiary/aromatic N) is 2. The molecule has 1 aromatic carbocycles. The number of hydrogen-bond donors (Lipinski definition) is 2. The number of benzene rings is 1. The summed E-state index contributed by atoms with van der Waals surface area (Å²) >= 11 is 0. The average molecular weight is 314 g/mol. The lowest BCUT2D eigenvalue weighted by Gasteiger charge is -2.19. The molecule has 0 fully saturated rings. The average Bonchev–Trinajstić information content (AvgIpc) is 2.43. The minimum Gasteiger partial charge on any atom is -0.444 e. The van der Waals surface area contributed by atoms with E-state index in [1.165, 1.54) is 0 Å². The molecule has 2 N–H and O–H groups in total. The number of anilines is 3. The molecule has 0 atom stereocenters. The van der Waals surface area contributed by atoms with Crippen LogP contribution in [-0.2, 0) is 4.74 Å². The van der Waals surface area contributed by atoms with Crippen molar-refractivity contribution in [2.75, 3.05) is 10.6 Å². The summed E-state index contributed by atoms with van der Waals surface area (Å²) in [5.41, 5.74) is 2.71. The van der Waals surface area contributed by atoms with Crippen molar-refractivity contribution < 1.29 is 9.53 Å². The maximum atomic E-state index is 11.7. The highest BCUT2D eigenvalue weighted by molar-refractivity contribution is 5.83. The first-order chi connectivity index (χ1) is 10.7. The molecular weight excluding hydrogens is 292 g/mol. The summed E-state index contributed by atoms with van der Waals surface area (Å²) in [6.45, 7) is 9.46. The molecule has 0 spiro atoms. The molecule has 0 bridgehead atoms. The summed E-state index contributed by atoms with van der Waals surface area (Å²) in [6, 6.07) is 9.57. The lowest BCUT2D eigenvalue weighted by molar-refractivity contribution is 0.0635. The van der Waals surface area contributed by atoms with Gasteiger partial charge in [-0.2, -0.15) is 0 Å². The van der Waals surface area contributed by atoms with Crippen LogP contribution in [0.15, 0.2) is 30.3 Å². The quantitative estimate of drug-likeness (QED) is 0.888. The SMILES string of the molecule is Cc1ccc(C)c(Nc2ccc(NC(=O)OC(C)(C)C)nn2)c1. The first-order valence-corrected chi connectivity index (χ1v) is 7.41. The van der Waals surface area contributed by atoms with Crippen LogP contribution in [0.2, 0.25) is 0 Å². The van der Waals surface area contributed by atoms with Crippen LogP contribution in [0.4, 0.5) is 22.1 Å². The molecule has 0 aliphatic carbocycles. The number of aromatic nitrogens is 2. The van der Waals surface area contributed by atoms with Crippen molar-refractivity contribution in [1.29, 1.82) is 0 Å². The molecule has 2 rings (SSSR count). The third-order valence-corrected chi connectivity index (χ3v) is 2.95. The van der Waals surface area contributed by atoms with Crippen molar-refractivity contribution in [3.63, 3.8) is 0 Å². The molecule has 0 unspecified atom stereocenters. The van der Waals surface area contributed by atoms with Crippen molar-refractivity contribution in [2.24, 2.45) is 0 Å². The molecule has 2 aromatic rings. The molecule has 0 radical (unpaired) electrons.